The van der Waals surface area contributed by atoms with E-state index < -0.39 is 0 Å². The van der Waals surface area contributed by atoms with E-state index in [9.17, 15) is 4.79 Å². The van der Waals surface area contributed by atoms with Gasteiger partial charge in [0.1, 0.15) is 0 Å². The molecule has 0 aromatic carbocycles. The fourth-order valence-corrected chi connectivity index (χ4v) is 2.16. The van der Waals surface area contributed by atoms with Crippen molar-refractivity contribution in [1.82, 2.24) is 0 Å². The highest BCUT2D eigenvalue weighted by Crippen LogP contribution is 2.37. The Morgan fingerprint density at radius 3 is 2.58 bits per heavy atom. The normalized spacial score (nSPS) is 28.0. The third kappa shape index (κ3) is 2.20. The van der Waals surface area contributed by atoms with Crippen molar-refractivity contribution in [3.05, 3.63) is 11.6 Å². The molecule has 0 heterocycles. The van der Waals surface area contributed by atoms with E-state index in [4.69, 9.17) is 0 Å². The van der Waals surface area contributed by atoms with Crippen molar-refractivity contribution in [2.24, 2.45) is 11.3 Å². The van der Waals surface area contributed by atoms with Crippen molar-refractivity contribution >= 4 is 5.78 Å². The van der Waals surface area contributed by atoms with E-state index in [1.165, 1.54) is 6.42 Å². The molecule has 0 aromatic rings. The largest absolute Gasteiger partial charge is 0.295 e. The zero-order valence-electron chi connectivity index (χ0n) is 8.48. The first-order valence-corrected chi connectivity index (χ1v) is 4.62. The summed E-state index contributed by atoms with van der Waals surface area (Å²) in [6, 6.07) is 0. The summed E-state index contributed by atoms with van der Waals surface area (Å²) >= 11 is 0. The lowest BCUT2D eigenvalue weighted by molar-refractivity contribution is -0.114. The number of ketones is 1. The highest BCUT2D eigenvalue weighted by molar-refractivity contribution is 5.93. The Morgan fingerprint density at radius 2 is 2.17 bits per heavy atom. The maximum Gasteiger partial charge on any atom is 0.155 e. The van der Waals surface area contributed by atoms with Crippen LogP contribution in [0.3, 0.4) is 0 Å². The van der Waals surface area contributed by atoms with Crippen molar-refractivity contribution in [2.45, 2.75) is 40.5 Å². The van der Waals surface area contributed by atoms with Crippen LogP contribution in [0.5, 0.6) is 0 Å². The molecule has 1 aliphatic carbocycles. The van der Waals surface area contributed by atoms with Crippen molar-refractivity contribution in [1.29, 1.82) is 0 Å². The summed E-state index contributed by atoms with van der Waals surface area (Å²) in [5.74, 6) is 0.808. The molecule has 0 aromatic heterocycles. The predicted octanol–water partition coefficient (Wildman–Crippen LogP) is 2.96. The van der Waals surface area contributed by atoms with Crippen LogP contribution in [0, 0.1) is 11.3 Å². The fourth-order valence-electron chi connectivity index (χ4n) is 2.16. The predicted molar refractivity (Wildman–Crippen MR) is 50.9 cm³/mol. The minimum Gasteiger partial charge on any atom is -0.295 e. The molecule has 0 saturated carbocycles. The van der Waals surface area contributed by atoms with Gasteiger partial charge in [0, 0.05) is 0 Å². The summed E-state index contributed by atoms with van der Waals surface area (Å²) in [7, 11) is 0. The van der Waals surface area contributed by atoms with Gasteiger partial charge in [0.05, 0.1) is 0 Å². The lowest BCUT2D eigenvalue weighted by atomic mass is 9.73. The van der Waals surface area contributed by atoms with Gasteiger partial charge in [-0.25, -0.2) is 0 Å². The lowest BCUT2D eigenvalue weighted by Gasteiger charge is -2.32. The average molecular weight is 166 g/mol. The summed E-state index contributed by atoms with van der Waals surface area (Å²) in [6.45, 7) is 8.32. The van der Waals surface area contributed by atoms with Crippen molar-refractivity contribution < 1.29 is 4.79 Å². The van der Waals surface area contributed by atoms with Gasteiger partial charge >= 0.3 is 0 Å². The van der Waals surface area contributed by atoms with E-state index in [1.807, 2.05) is 0 Å². The van der Waals surface area contributed by atoms with E-state index >= 15 is 0 Å². The summed E-state index contributed by atoms with van der Waals surface area (Å²) in [6.07, 6.45) is 4.28. The van der Waals surface area contributed by atoms with Crippen LogP contribution in [0.4, 0.5) is 0 Å². The molecular formula is C11H18O. The van der Waals surface area contributed by atoms with Crippen LogP contribution in [-0.2, 0) is 4.79 Å². The van der Waals surface area contributed by atoms with Gasteiger partial charge in [-0.3, -0.25) is 4.79 Å². The number of hydrogen-bond acceptors (Lipinski definition) is 1. The van der Waals surface area contributed by atoms with Crippen LogP contribution in [0.15, 0.2) is 11.6 Å². The molecule has 1 rings (SSSR count). The molecule has 0 fully saturated rings. The Hall–Kier alpha value is -0.590. The van der Waals surface area contributed by atoms with Gasteiger partial charge in [-0.1, -0.05) is 26.8 Å². The Morgan fingerprint density at radius 1 is 1.58 bits per heavy atom. The van der Waals surface area contributed by atoms with Gasteiger partial charge in [0.25, 0.3) is 0 Å². The monoisotopic (exact) mass is 166 g/mol. The van der Waals surface area contributed by atoms with Crippen LogP contribution in [0.2, 0.25) is 0 Å². The van der Waals surface area contributed by atoms with E-state index in [-0.39, 0.29) is 5.78 Å². The van der Waals surface area contributed by atoms with Crippen LogP contribution in [0.25, 0.3) is 0 Å². The van der Waals surface area contributed by atoms with Gasteiger partial charge in [-0.15, -0.1) is 0 Å². The highest BCUT2D eigenvalue weighted by Gasteiger charge is 2.27. The zero-order valence-corrected chi connectivity index (χ0v) is 8.48. The summed E-state index contributed by atoms with van der Waals surface area (Å²) in [5, 5.41) is 0. The summed E-state index contributed by atoms with van der Waals surface area (Å²) in [4.78, 5) is 11.2. The molecule has 1 aliphatic rings. The number of hydrogen-bond donors (Lipinski definition) is 0. The summed E-state index contributed by atoms with van der Waals surface area (Å²) in [5.41, 5.74) is 1.34. The molecule has 0 spiro atoms. The molecule has 1 unspecified atom stereocenters. The quantitative estimate of drug-likeness (QED) is 0.585. The number of allylic oxidation sites excluding steroid dienone is 2. The van der Waals surface area contributed by atoms with Gasteiger partial charge in [-0.05, 0) is 36.7 Å². The van der Waals surface area contributed by atoms with E-state index in [2.05, 4.69) is 26.8 Å². The maximum absolute atomic E-state index is 11.2. The molecule has 0 N–H and O–H groups in total. The van der Waals surface area contributed by atoms with E-state index in [1.54, 1.807) is 6.92 Å². The van der Waals surface area contributed by atoms with Crippen LogP contribution >= 0.6 is 0 Å². The van der Waals surface area contributed by atoms with E-state index in [0.29, 0.717) is 11.3 Å². The molecule has 0 amide bonds. The molecule has 1 heteroatoms. The second kappa shape index (κ2) is 3.04. The van der Waals surface area contributed by atoms with Crippen molar-refractivity contribution in [3.63, 3.8) is 0 Å². The minimum atomic E-state index is 0.245. The minimum absolute atomic E-state index is 0.245. The number of rotatable bonds is 1. The molecular weight excluding hydrogens is 148 g/mol. The standard InChI is InChI=1S/C11H18O/c1-8-5-10(9(2)12)7-11(3,4)6-8/h5,8H,6-7H2,1-4H3. The Bertz CT molecular complexity index is 223. The zero-order chi connectivity index (χ0) is 9.35. The molecule has 12 heavy (non-hydrogen) atoms. The average Bonchev–Trinajstić information content (AvgIpc) is 1.82. The van der Waals surface area contributed by atoms with E-state index in [0.717, 1.165) is 12.0 Å². The van der Waals surface area contributed by atoms with Crippen LogP contribution in [0.1, 0.15) is 40.5 Å². The number of carbonyl (C=O) groups excluding carboxylic acids is 1. The number of Topliss-reactive ketones (excluding diaryl/α,β-unsaturated/α-hetero) is 1. The molecule has 0 radical (unpaired) electrons. The molecule has 0 saturated heterocycles. The highest BCUT2D eigenvalue weighted by atomic mass is 16.1. The Labute approximate surface area is 74.9 Å². The first kappa shape index (κ1) is 9.50. The second-order valence-corrected chi connectivity index (χ2v) is 4.77. The van der Waals surface area contributed by atoms with Crippen LogP contribution < -0.4 is 0 Å². The lowest BCUT2D eigenvalue weighted by Crippen LogP contribution is -2.22. The molecule has 1 nitrogen and oxygen atoms in total. The van der Waals surface area contributed by atoms with Gasteiger partial charge in [-0.2, -0.15) is 0 Å². The smallest absolute Gasteiger partial charge is 0.155 e. The first-order chi connectivity index (χ1) is 5.41. The third-order valence-corrected chi connectivity index (χ3v) is 2.48. The van der Waals surface area contributed by atoms with Crippen molar-refractivity contribution in [3.8, 4) is 0 Å². The van der Waals surface area contributed by atoms with Gasteiger partial charge in [0.15, 0.2) is 5.78 Å². The number of carbonyl (C=O) groups is 1. The van der Waals surface area contributed by atoms with Crippen molar-refractivity contribution in [2.75, 3.05) is 0 Å². The van der Waals surface area contributed by atoms with Gasteiger partial charge in [0.2, 0.25) is 0 Å². The topological polar surface area (TPSA) is 17.1 Å². The van der Waals surface area contributed by atoms with Crippen LogP contribution in [-0.4, -0.2) is 5.78 Å². The molecule has 0 aliphatic heterocycles. The maximum atomic E-state index is 11.2. The summed E-state index contributed by atoms with van der Waals surface area (Å²) < 4.78 is 0. The molecule has 0 bridgehead atoms. The third-order valence-electron chi connectivity index (χ3n) is 2.48. The SMILES string of the molecule is CC(=O)C1=CC(C)CC(C)(C)C1. The molecule has 1 atom stereocenters. The first-order valence-electron chi connectivity index (χ1n) is 4.62. The Kier molecular flexibility index (Phi) is 2.41. The Balaban J connectivity index is 2.83. The van der Waals surface area contributed by atoms with Gasteiger partial charge < -0.3 is 0 Å². The second-order valence-electron chi connectivity index (χ2n) is 4.77. The fraction of sp³-hybridized carbons (Fsp3) is 0.727. The molecule has 68 valence electrons.